The Morgan fingerprint density at radius 2 is 1.91 bits per heavy atom. The fourth-order valence-electron chi connectivity index (χ4n) is 4.58. The highest BCUT2D eigenvalue weighted by Crippen LogP contribution is 2.43. The van der Waals surface area contributed by atoms with Gasteiger partial charge in [0.15, 0.2) is 0 Å². The molecule has 176 valence electrons. The SMILES string of the molecule is CCN(CC)C(=O)c1ccc(C2=CC3(CCNCC3)Oc3ccc(C(O)N(C)C)cc32)cn1. The minimum atomic E-state index is -0.710. The summed E-state index contributed by atoms with van der Waals surface area (Å²) in [5.41, 5.74) is 3.78. The number of aliphatic hydroxyl groups excluding tert-OH is 1. The van der Waals surface area contributed by atoms with Gasteiger partial charge in [0, 0.05) is 43.3 Å². The predicted molar refractivity (Wildman–Crippen MR) is 129 cm³/mol. The second kappa shape index (κ2) is 9.63. The van der Waals surface area contributed by atoms with Crippen LogP contribution in [0.25, 0.3) is 5.57 Å². The number of fused-ring (bicyclic) bond motifs is 1. The van der Waals surface area contributed by atoms with Crippen molar-refractivity contribution in [3.63, 3.8) is 0 Å². The van der Waals surface area contributed by atoms with E-state index in [4.69, 9.17) is 4.74 Å². The summed E-state index contributed by atoms with van der Waals surface area (Å²) in [6, 6.07) is 9.65. The van der Waals surface area contributed by atoms with Crippen LogP contribution in [0.4, 0.5) is 0 Å². The Kier molecular flexibility index (Phi) is 6.83. The largest absolute Gasteiger partial charge is 0.482 e. The molecule has 1 saturated heterocycles. The molecule has 2 aliphatic heterocycles. The number of rotatable bonds is 6. The summed E-state index contributed by atoms with van der Waals surface area (Å²) in [6.45, 7) is 7.04. The van der Waals surface area contributed by atoms with E-state index in [2.05, 4.69) is 16.4 Å². The molecule has 1 aromatic carbocycles. The number of pyridine rings is 1. The Balaban J connectivity index is 1.76. The summed E-state index contributed by atoms with van der Waals surface area (Å²) in [6.07, 6.45) is 5.04. The van der Waals surface area contributed by atoms with Crippen LogP contribution in [-0.4, -0.2) is 71.7 Å². The van der Waals surface area contributed by atoms with Crippen molar-refractivity contribution in [2.75, 3.05) is 40.3 Å². The minimum absolute atomic E-state index is 0.0564. The molecule has 2 aliphatic rings. The van der Waals surface area contributed by atoms with E-state index in [1.54, 1.807) is 22.1 Å². The lowest BCUT2D eigenvalue weighted by Crippen LogP contribution is -2.46. The lowest BCUT2D eigenvalue weighted by Gasteiger charge is -2.40. The van der Waals surface area contributed by atoms with Gasteiger partial charge in [0.05, 0.1) is 0 Å². The Morgan fingerprint density at radius 3 is 2.52 bits per heavy atom. The van der Waals surface area contributed by atoms with Crippen LogP contribution in [0.5, 0.6) is 5.75 Å². The highest BCUT2D eigenvalue weighted by molar-refractivity contribution is 5.93. The van der Waals surface area contributed by atoms with Crippen molar-refractivity contribution in [3.8, 4) is 5.75 Å². The topological polar surface area (TPSA) is 77.9 Å². The minimum Gasteiger partial charge on any atom is -0.482 e. The van der Waals surface area contributed by atoms with Crippen molar-refractivity contribution in [2.24, 2.45) is 0 Å². The van der Waals surface area contributed by atoms with Crippen molar-refractivity contribution in [3.05, 3.63) is 65.0 Å². The zero-order valence-corrected chi connectivity index (χ0v) is 20.0. The van der Waals surface area contributed by atoms with E-state index < -0.39 is 6.23 Å². The molecule has 1 unspecified atom stereocenters. The molecule has 7 heteroatoms. The van der Waals surface area contributed by atoms with Crippen LogP contribution in [0.3, 0.4) is 0 Å². The van der Waals surface area contributed by atoms with Crippen molar-refractivity contribution in [2.45, 2.75) is 38.5 Å². The summed E-state index contributed by atoms with van der Waals surface area (Å²) < 4.78 is 6.54. The van der Waals surface area contributed by atoms with Gasteiger partial charge in [0.2, 0.25) is 0 Å². The molecule has 1 atom stereocenters. The van der Waals surface area contributed by atoms with Gasteiger partial charge in [-0.3, -0.25) is 14.7 Å². The average Bonchev–Trinajstić information content (AvgIpc) is 2.84. The average molecular weight is 451 g/mol. The third kappa shape index (κ3) is 4.67. The normalized spacial score (nSPS) is 17.8. The van der Waals surface area contributed by atoms with E-state index in [1.807, 2.05) is 52.2 Å². The summed E-state index contributed by atoms with van der Waals surface area (Å²) in [4.78, 5) is 20.8. The Labute approximate surface area is 196 Å². The van der Waals surface area contributed by atoms with Crippen molar-refractivity contribution in [1.82, 2.24) is 20.1 Å². The summed E-state index contributed by atoms with van der Waals surface area (Å²) in [5.74, 6) is 0.756. The van der Waals surface area contributed by atoms with E-state index in [-0.39, 0.29) is 11.5 Å². The lowest BCUT2D eigenvalue weighted by molar-refractivity contribution is 0.0392. The molecular weight excluding hydrogens is 416 g/mol. The maximum absolute atomic E-state index is 12.7. The second-order valence-electron chi connectivity index (χ2n) is 8.98. The third-order valence-electron chi connectivity index (χ3n) is 6.60. The number of carbonyl (C=O) groups is 1. The first-order valence-corrected chi connectivity index (χ1v) is 11.7. The fourth-order valence-corrected chi connectivity index (χ4v) is 4.58. The molecule has 3 heterocycles. The van der Waals surface area contributed by atoms with Crippen molar-refractivity contribution >= 4 is 11.5 Å². The zero-order chi connectivity index (χ0) is 23.6. The number of ether oxygens (including phenoxy) is 1. The number of benzene rings is 1. The standard InChI is InChI=1S/C26H34N4O3/c1-5-30(6-2)25(32)22-9-7-19(17-28-22)21-16-26(11-13-27-14-12-26)33-23-10-8-18(15-20(21)23)24(31)29(3)4/h7-10,15-17,24,27,31H,5-6,11-14H2,1-4H3. The third-order valence-corrected chi connectivity index (χ3v) is 6.60. The summed E-state index contributed by atoms with van der Waals surface area (Å²) >= 11 is 0. The van der Waals surface area contributed by atoms with Crippen LogP contribution in [-0.2, 0) is 0 Å². The molecule has 1 amide bonds. The first-order valence-electron chi connectivity index (χ1n) is 11.7. The monoisotopic (exact) mass is 450 g/mol. The molecule has 0 saturated carbocycles. The molecule has 33 heavy (non-hydrogen) atoms. The Morgan fingerprint density at radius 1 is 1.18 bits per heavy atom. The number of nitrogens with zero attached hydrogens (tertiary/aromatic N) is 3. The molecule has 0 aliphatic carbocycles. The quantitative estimate of drug-likeness (QED) is 0.659. The van der Waals surface area contributed by atoms with E-state index in [9.17, 15) is 9.90 Å². The first-order chi connectivity index (χ1) is 15.9. The smallest absolute Gasteiger partial charge is 0.272 e. The van der Waals surface area contributed by atoms with Crippen LogP contribution < -0.4 is 10.1 Å². The van der Waals surface area contributed by atoms with E-state index >= 15 is 0 Å². The molecule has 0 radical (unpaired) electrons. The molecule has 7 nitrogen and oxygen atoms in total. The molecule has 1 aromatic heterocycles. The van der Waals surface area contributed by atoms with E-state index in [1.165, 1.54) is 0 Å². The van der Waals surface area contributed by atoms with Gasteiger partial charge >= 0.3 is 0 Å². The van der Waals surface area contributed by atoms with Gasteiger partial charge in [-0.15, -0.1) is 0 Å². The molecule has 1 fully saturated rings. The molecule has 4 rings (SSSR count). The highest BCUT2D eigenvalue weighted by Gasteiger charge is 2.37. The van der Waals surface area contributed by atoms with Gasteiger partial charge in [-0.05, 0) is 76.4 Å². The number of piperidine rings is 1. The van der Waals surface area contributed by atoms with Crippen LogP contribution in [0, 0.1) is 0 Å². The van der Waals surface area contributed by atoms with Crippen molar-refractivity contribution < 1.29 is 14.6 Å². The first kappa shape index (κ1) is 23.4. The van der Waals surface area contributed by atoms with Crippen LogP contribution in [0.1, 0.15) is 60.1 Å². The molecule has 2 N–H and O–H groups in total. The maximum atomic E-state index is 12.7. The molecule has 2 aromatic rings. The molecule has 0 bridgehead atoms. The highest BCUT2D eigenvalue weighted by atomic mass is 16.5. The van der Waals surface area contributed by atoms with Gasteiger partial charge in [-0.2, -0.15) is 0 Å². The van der Waals surface area contributed by atoms with Gasteiger partial charge < -0.3 is 20.1 Å². The summed E-state index contributed by atoms with van der Waals surface area (Å²) in [7, 11) is 3.69. The van der Waals surface area contributed by atoms with Gasteiger partial charge in [0.25, 0.3) is 5.91 Å². The molecular formula is C26H34N4O3. The number of carbonyl (C=O) groups excluding carboxylic acids is 1. The van der Waals surface area contributed by atoms with E-state index in [0.29, 0.717) is 18.8 Å². The van der Waals surface area contributed by atoms with Gasteiger partial charge in [-0.25, -0.2) is 0 Å². The number of nitrogens with one attached hydrogen (secondary N) is 1. The Hall–Kier alpha value is -2.74. The zero-order valence-electron chi connectivity index (χ0n) is 20.0. The number of aliphatic hydroxyl groups is 1. The van der Waals surface area contributed by atoms with Gasteiger partial charge in [0.1, 0.15) is 23.3 Å². The van der Waals surface area contributed by atoms with Crippen LogP contribution >= 0.6 is 0 Å². The number of amides is 1. The fraction of sp³-hybridized carbons (Fsp3) is 0.462. The summed E-state index contributed by atoms with van der Waals surface area (Å²) in [5, 5.41) is 14.0. The van der Waals surface area contributed by atoms with Crippen molar-refractivity contribution in [1.29, 1.82) is 0 Å². The predicted octanol–water partition coefficient (Wildman–Crippen LogP) is 3.06. The lowest BCUT2D eigenvalue weighted by atomic mass is 9.83. The van der Waals surface area contributed by atoms with Crippen LogP contribution in [0.2, 0.25) is 0 Å². The second-order valence-corrected chi connectivity index (χ2v) is 8.98. The number of hydrogen-bond acceptors (Lipinski definition) is 6. The number of aromatic nitrogens is 1. The number of hydrogen-bond donors (Lipinski definition) is 2. The van der Waals surface area contributed by atoms with Gasteiger partial charge in [-0.1, -0.05) is 12.1 Å². The maximum Gasteiger partial charge on any atom is 0.272 e. The van der Waals surface area contributed by atoms with E-state index in [0.717, 1.165) is 53.9 Å². The Bertz CT molecular complexity index is 1020. The molecule has 1 spiro atoms. The van der Waals surface area contributed by atoms with Crippen LogP contribution in [0.15, 0.2) is 42.6 Å².